The molecule has 0 aromatic heterocycles. The van der Waals surface area contributed by atoms with Gasteiger partial charge in [-0.1, -0.05) is 12.8 Å². The molecule has 2 amide bonds. The molecule has 0 aromatic rings. The Bertz CT molecular complexity index is 478. The molecule has 0 unspecified atom stereocenters. The lowest BCUT2D eigenvalue weighted by atomic mass is 9.84. The molecule has 4 rings (SSSR count). The Morgan fingerprint density at radius 3 is 2.29 bits per heavy atom. The van der Waals surface area contributed by atoms with E-state index in [-0.39, 0.29) is 11.8 Å². The highest BCUT2D eigenvalue weighted by molar-refractivity contribution is 5.80. The minimum atomic E-state index is 0.215. The molecule has 3 saturated carbocycles. The lowest BCUT2D eigenvalue weighted by Crippen LogP contribution is -2.44. The summed E-state index contributed by atoms with van der Waals surface area (Å²) in [6, 6.07) is 0.851. The molecule has 0 spiro atoms. The van der Waals surface area contributed by atoms with Crippen LogP contribution in [0.3, 0.4) is 0 Å². The summed E-state index contributed by atoms with van der Waals surface area (Å²) in [4.78, 5) is 27.2. The van der Waals surface area contributed by atoms with Gasteiger partial charge < -0.3 is 10.2 Å². The zero-order valence-corrected chi connectivity index (χ0v) is 14.8. The van der Waals surface area contributed by atoms with Crippen LogP contribution in [0.4, 0.5) is 0 Å². The van der Waals surface area contributed by atoms with Crippen LogP contribution in [0.25, 0.3) is 0 Å². The van der Waals surface area contributed by atoms with Crippen molar-refractivity contribution >= 4 is 11.8 Å². The van der Waals surface area contributed by atoms with Crippen LogP contribution in [0.2, 0.25) is 0 Å². The number of carbonyl (C=O) groups excluding carboxylic acids is 2. The molecule has 1 aliphatic heterocycles. The number of amides is 2. The number of fused-ring (bicyclic) bond motifs is 2. The van der Waals surface area contributed by atoms with Gasteiger partial charge >= 0.3 is 0 Å². The molecule has 1 N–H and O–H groups in total. The third-order valence-electron chi connectivity index (χ3n) is 7.08. The summed E-state index contributed by atoms with van der Waals surface area (Å²) in [6.07, 6.45) is 13.4. The fraction of sp³-hybridized carbons (Fsp3) is 0.900. The number of nitrogens with one attached hydrogen (secondary N) is 1. The first-order chi connectivity index (χ1) is 11.7. The second kappa shape index (κ2) is 7.05. The molecular weight excluding hydrogens is 300 g/mol. The summed E-state index contributed by atoms with van der Waals surface area (Å²) in [5, 5.41) is 3.24. The SMILES string of the molecule is O=C(CC1CCCC1)NC1CCC(C(=O)N2C[C@@H]3CC[C@@H]2C3)CC1. The van der Waals surface area contributed by atoms with Crippen molar-refractivity contribution in [1.82, 2.24) is 10.2 Å². The van der Waals surface area contributed by atoms with Gasteiger partial charge in [0.1, 0.15) is 0 Å². The Labute approximate surface area is 145 Å². The molecule has 2 atom stereocenters. The Hall–Kier alpha value is -1.06. The molecule has 4 aliphatic rings. The highest BCUT2D eigenvalue weighted by Crippen LogP contribution is 2.39. The van der Waals surface area contributed by atoms with E-state index in [9.17, 15) is 9.59 Å². The van der Waals surface area contributed by atoms with E-state index in [1.165, 1.54) is 44.9 Å². The normalized spacial score (nSPS) is 36.2. The minimum absolute atomic E-state index is 0.215. The predicted octanol–water partition coefficient (Wildman–Crippen LogP) is 3.25. The average molecular weight is 332 g/mol. The number of hydrogen-bond acceptors (Lipinski definition) is 2. The van der Waals surface area contributed by atoms with Gasteiger partial charge in [0, 0.05) is 31.0 Å². The zero-order valence-electron chi connectivity index (χ0n) is 14.8. The van der Waals surface area contributed by atoms with Crippen LogP contribution in [0.5, 0.6) is 0 Å². The molecule has 4 nitrogen and oxygen atoms in total. The second-order valence-corrected chi connectivity index (χ2v) is 8.79. The smallest absolute Gasteiger partial charge is 0.225 e. The van der Waals surface area contributed by atoms with E-state index in [1.54, 1.807) is 0 Å². The van der Waals surface area contributed by atoms with Gasteiger partial charge in [0.15, 0.2) is 0 Å². The summed E-state index contributed by atoms with van der Waals surface area (Å²) in [5.74, 6) is 2.28. The molecule has 4 heteroatoms. The van der Waals surface area contributed by atoms with Crippen LogP contribution in [-0.2, 0) is 9.59 Å². The van der Waals surface area contributed by atoms with E-state index in [0.29, 0.717) is 23.9 Å². The van der Waals surface area contributed by atoms with Gasteiger partial charge in [-0.05, 0) is 69.6 Å². The van der Waals surface area contributed by atoms with E-state index in [4.69, 9.17) is 0 Å². The molecule has 3 aliphatic carbocycles. The quantitative estimate of drug-likeness (QED) is 0.859. The van der Waals surface area contributed by atoms with Gasteiger partial charge in [-0.3, -0.25) is 9.59 Å². The van der Waals surface area contributed by atoms with Crippen molar-refractivity contribution in [2.45, 2.75) is 89.1 Å². The Morgan fingerprint density at radius 2 is 1.67 bits per heavy atom. The lowest BCUT2D eigenvalue weighted by Gasteiger charge is -2.34. The average Bonchev–Trinajstić information content (AvgIpc) is 3.32. The summed E-state index contributed by atoms with van der Waals surface area (Å²) in [7, 11) is 0. The molecule has 4 fully saturated rings. The summed E-state index contributed by atoms with van der Waals surface area (Å²) in [5.41, 5.74) is 0. The molecule has 1 saturated heterocycles. The molecular formula is C20H32N2O2. The first kappa shape index (κ1) is 16.4. The fourth-order valence-electron chi connectivity index (χ4n) is 5.68. The van der Waals surface area contributed by atoms with Crippen molar-refractivity contribution < 1.29 is 9.59 Å². The monoisotopic (exact) mass is 332 g/mol. The topological polar surface area (TPSA) is 49.4 Å². The van der Waals surface area contributed by atoms with Crippen LogP contribution in [0.15, 0.2) is 0 Å². The van der Waals surface area contributed by atoms with Crippen LogP contribution >= 0.6 is 0 Å². The van der Waals surface area contributed by atoms with Crippen molar-refractivity contribution in [3.05, 3.63) is 0 Å². The van der Waals surface area contributed by atoms with Crippen molar-refractivity contribution in [3.8, 4) is 0 Å². The lowest BCUT2D eigenvalue weighted by molar-refractivity contribution is -0.138. The highest BCUT2D eigenvalue weighted by atomic mass is 16.2. The van der Waals surface area contributed by atoms with Crippen LogP contribution in [0.1, 0.15) is 77.0 Å². The van der Waals surface area contributed by atoms with Crippen molar-refractivity contribution in [3.63, 3.8) is 0 Å². The third kappa shape index (κ3) is 3.48. The Kier molecular flexibility index (Phi) is 4.82. The van der Waals surface area contributed by atoms with Gasteiger partial charge in [-0.25, -0.2) is 0 Å². The molecule has 0 radical (unpaired) electrons. The van der Waals surface area contributed by atoms with Crippen LogP contribution < -0.4 is 5.32 Å². The maximum Gasteiger partial charge on any atom is 0.225 e. The van der Waals surface area contributed by atoms with Gasteiger partial charge in [-0.15, -0.1) is 0 Å². The van der Waals surface area contributed by atoms with Gasteiger partial charge in [0.2, 0.25) is 11.8 Å². The molecule has 24 heavy (non-hydrogen) atoms. The highest BCUT2D eigenvalue weighted by Gasteiger charge is 2.42. The maximum atomic E-state index is 12.8. The second-order valence-electron chi connectivity index (χ2n) is 8.79. The number of nitrogens with zero attached hydrogens (tertiary/aromatic N) is 1. The summed E-state index contributed by atoms with van der Waals surface area (Å²) in [6.45, 7) is 1.02. The number of hydrogen-bond donors (Lipinski definition) is 1. The predicted molar refractivity (Wildman–Crippen MR) is 93.3 cm³/mol. The molecule has 0 aromatic carbocycles. The van der Waals surface area contributed by atoms with E-state index in [1.807, 2.05) is 0 Å². The van der Waals surface area contributed by atoms with Crippen molar-refractivity contribution in [1.29, 1.82) is 0 Å². The summed E-state index contributed by atoms with van der Waals surface area (Å²) >= 11 is 0. The molecule has 134 valence electrons. The molecule has 1 heterocycles. The maximum absolute atomic E-state index is 12.8. The number of carbonyl (C=O) groups is 2. The van der Waals surface area contributed by atoms with Crippen LogP contribution in [-0.4, -0.2) is 35.3 Å². The third-order valence-corrected chi connectivity index (χ3v) is 7.08. The van der Waals surface area contributed by atoms with Crippen molar-refractivity contribution in [2.24, 2.45) is 17.8 Å². The van der Waals surface area contributed by atoms with E-state index >= 15 is 0 Å². The minimum Gasteiger partial charge on any atom is -0.353 e. The van der Waals surface area contributed by atoms with Crippen LogP contribution in [0, 0.1) is 17.8 Å². The first-order valence-corrected chi connectivity index (χ1v) is 10.3. The Morgan fingerprint density at radius 1 is 0.917 bits per heavy atom. The Balaban J connectivity index is 1.20. The summed E-state index contributed by atoms with van der Waals surface area (Å²) < 4.78 is 0. The van der Waals surface area contributed by atoms with E-state index in [2.05, 4.69) is 10.2 Å². The largest absolute Gasteiger partial charge is 0.353 e. The molecule has 2 bridgehead atoms. The van der Waals surface area contributed by atoms with Gasteiger partial charge in [0.25, 0.3) is 0 Å². The fourth-order valence-corrected chi connectivity index (χ4v) is 5.68. The van der Waals surface area contributed by atoms with Crippen molar-refractivity contribution in [2.75, 3.05) is 6.54 Å². The zero-order chi connectivity index (χ0) is 16.5. The first-order valence-electron chi connectivity index (χ1n) is 10.3. The standard InChI is InChI=1S/C20H32N2O2/c23-19(12-14-3-1-2-4-14)21-17-8-6-16(7-9-17)20(24)22-13-15-5-10-18(22)11-15/h14-18H,1-13H2,(H,21,23)/t15-,16?,17?,18-/m1/s1. The number of piperidine rings is 1. The van der Waals surface area contributed by atoms with E-state index < -0.39 is 0 Å². The van der Waals surface area contributed by atoms with Gasteiger partial charge in [-0.2, -0.15) is 0 Å². The van der Waals surface area contributed by atoms with Gasteiger partial charge in [0.05, 0.1) is 0 Å². The number of rotatable bonds is 4. The van der Waals surface area contributed by atoms with E-state index in [0.717, 1.165) is 44.6 Å². The number of likely N-dealkylation sites (tertiary alicyclic amines) is 1.